The molecule has 112 valence electrons. The van der Waals surface area contributed by atoms with Crippen molar-refractivity contribution in [3.8, 4) is 0 Å². The summed E-state index contributed by atoms with van der Waals surface area (Å²) in [5.74, 6) is 0. The van der Waals surface area contributed by atoms with Crippen LogP contribution < -0.4 is 0 Å². The summed E-state index contributed by atoms with van der Waals surface area (Å²) < 4.78 is 5.77. The van der Waals surface area contributed by atoms with Gasteiger partial charge < -0.3 is 25.0 Å². The Morgan fingerprint density at radius 2 is 2.20 bits per heavy atom. The van der Waals surface area contributed by atoms with Crippen molar-refractivity contribution in [2.45, 2.75) is 48.7 Å². The molecule has 6 nitrogen and oxygen atoms in total. The Bertz CT molecular complexity index is 415. The molecule has 20 heavy (non-hydrogen) atoms. The fourth-order valence-electron chi connectivity index (χ4n) is 2.66. The van der Waals surface area contributed by atoms with Gasteiger partial charge in [-0.3, -0.25) is 4.99 Å². The third-order valence-electron chi connectivity index (χ3n) is 4.00. The molecule has 3 N–H and O–H groups in total. The van der Waals surface area contributed by atoms with Crippen LogP contribution in [-0.4, -0.2) is 74.4 Å². The van der Waals surface area contributed by atoms with Gasteiger partial charge >= 0.3 is 0 Å². The Morgan fingerprint density at radius 3 is 2.80 bits per heavy atom. The Balaban J connectivity index is 1.71. The highest BCUT2D eigenvalue weighted by Crippen LogP contribution is 2.39. The van der Waals surface area contributed by atoms with Crippen LogP contribution in [0.25, 0.3) is 0 Å². The zero-order valence-corrected chi connectivity index (χ0v) is 11.9. The van der Waals surface area contributed by atoms with Gasteiger partial charge in [-0.25, -0.2) is 0 Å². The van der Waals surface area contributed by atoms with E-state index in [-0.39, 0.29) is 5.44 Å². The SMILES string of the molecule is C=CCC(O)[C@H]1O[C@@H]2SC(N3CCC3)=N[C@@H]2[C@@H](O)[C@@H]1O. The standard InChI is InChI=1S/C13H20N2O4S/c1-2-4-7(16)11-10(18)9(17)8-12(19-11)20-13(14-8)15-5-3-6-15/h2,7-12,16-18H,1,3-6H2/t7?,8-,9-,10+,11-,12-/m1/s1. The Morgan fingerprint density at radius 1 is 1.45 bits per heavy atom. The van der Waals surface area contributed by atoms with E-state index < -0.39 is 30.5 Å². The lowest BCUT2D eigenvalue weighted by Gasteiger charge is -2.40. The topological polar surface area (TPSA) is 85.5 Å². The third-order valence-corrected chi connectivity index (χ3v) is 5.20. The van der Waals surface area contributed by atoms with E-state index in [0.717, 1.165) is 24.7 Å². The number of nitrogens with zero attached hydrogens (tertiary/aromatic N) is 2. The molecule has 2 fully saturated rings. The lowest BCUT2D eigenvalue weighted by molar-refractivity contribution is -0.184. The van der Waals surface area contributed by atoms with Crippen LogP contribution in [0.5, 0.6) is 0 Å². The molecule has 0 aromatic rings. The maximum Gasteiger partial charge on any atom is 0.162 e. The first kappa shape index (κ1) is 14.3. The number of hydrogen-bond acceptors (Lipinski definition) is 7. The molecule has 0 aromatic carbocycles. The van der Waals surface area contributed by atoms with Crippen LogP contribution in [0.2, 0.25) is 0 Å². The molecule has 1 unspecified atom stereocenters. The molecule has 0 amide bonds. The second-order valence-electron chi connectivity index (χ2n) is 5.40. The van der Waals surface area contributed by atoms with Crippen molar-refractivity contribution in [1.82, 2.24) is 4.90 Å². The minimum atomic E-state index is -1.13. The Labute approximate surface area is 122 Å². The predicted octanol–water partition coefficient (Wildman–Crippen LogP) is -0.453. The van der Waals surface area contributed by atoms with Gasteiger partial charge in [0.05, 0.1) is 6.10 Å². The number of amidine groups is 1. The van der Waals surface area contributed by atoms with Crippen molar-refractivity contribution >= 4 is 16.9 Å². The molecular weight excluding hydrogens is 280 g/mol. The molecule has 0 bridgehead atoms. The minimum absolute atomic E-state index is 0.316. The van der Waals surface area contributed by atoms with Gasteiger partial charge in [-0.1, -0.05) is 17.8 Å². The predicted molar refractivity (Wildman–Crippen MR) is 76.5 cm³/mol. The fourth-order valence-corrected chi connectivity index (χ4v) is 3.92. The van der Waals surface area contributed by atoms with E-state index in [1.54, 1.807) is 6.08 Å². The first-order valence-electron chi connectivity index (χ1n) is 6.92. The minimum Gasteiger partial charge on any atom is -0.390 e. The largest absolute Gasteiger partial charge is 0.390 e. The van der Waals surface area contributed by atoms with E-state index in [4.69, 9.17) is 4.74 Å². The smallest absolute Gasteiger partial charge is 0.162 e. The first-order chi connectivity index (χ1) is 9.61. The van der Waals surface area contributed by atoms with E-state index in [9.17, 15) is 15.3 Å². The average Bonchev–Trinajstić information content (AvgIpc) is 2.75. The summed E-state index contributed by atoms with van der Waals surface area (Å²) in [4.78, 5) is 6.61. The average molecular weight is 300 g/mol. The van der Waals surface area contributed by atoms with Crippen LogP contribution in [0.4, 0.5) is 0 Å². The van der Waals surface area contributed by atoms with Gasteiger partial charge in [0.25, 0.3) is 0 Å². The number of hydrogen-bond donors (Lipinski definition) is 3. The zero-order chi connectivity index (χ0) is 14.3. The molecule has 0 spiro atoms. The van der Waals surface area contributed by atoms with Crippen molar-refractivity contribution in [3.05, 3.63) is 12.7 Å². The summed E-state index contributed by atoms with van der Waals surface area (Å²) in [5.41, 5.74) is -0.339. The maximum absolute atomic E-state index is 10.2. The number of rotatable bonds is 3. The van der Waals surface area contributed by atoms with Gasteiger partial charge in [-0.15, -0.1) is 6.58 Å². The van der Waals surface area contributed by atoms with Crippen molar-refractivity contribution in [2.75, 3.05) is 13.1 Å². The van der Waals surface area contributed by atoms with Gasteiger partial charge in [0, 0.05) is 13.1 Å². The summed E-state index contributed by atoms with van der Waals surface area (Å²) in [6.45, 7) is 5.52. The van der Waals surface area contributed by atoms with Crippen LogP contribution >= 0.6 is 11.8 Å². The monoisotopic (exact) mass is 300 g/mol. The van der Waals surface area contributed by atoms with Gasteiger partial charge in [-0.2, -0.15) is 0 Å². The highest BCUT2D eigenvalue weighted by Gasteiger charge is 2.50. The number of aliphatic hydroxyl groups is 3. The summed E-state index contributed by atoms with van der Waals surface area (Å²) in [6.07, 6.45) is -0.772. The van der Waals surface area contributed by atoms with Crippen molar-refractivity contribution in [2.24, 2.45) is 4.99 Å². The van der Waals surface area contributed by atoms with Crippen LogP contribution in [0, 0.1) is 0 Å². The van der Waals surface area contributed by atoms with E-state index in [2.05, 4.69) is 16.5 Å². The molecule has 7 heteroatoms. The van der Waals surface area contributed by atoms with Gasteiger partial charge in [0.15, 0.2) is 5.17 Å². The Hall–Kier alpha value is -0.600. The van der Waals surface area contributed by atoms with Gasteiger partial charge in [0.2, 0.25) is 0 Å². The molecule has 0 radical (unpaired) electrons. The zero-order valence-electron chi connectivity index (χ0n) is 11.1. The van der Waals surface area contributed by atoms with E-state index in [0.29, 0.717) is 6.42 Å². The highest BCUT2D eigenvalue weighted by molar-refractivity contribution is 8.14. The van der Waals surface area contributed by atoms with Crippen molar-refractivity contribution < 1.29 is 20.1 Å². The lowest BCUT2D eigenvalue weighted by atomic mass is 9.94. The summed E-state index contributed by atoms with van der Waals surface area (Å²) >= 11 is 1.47. The Kier molecular flexibility index (Phi) is 4.05. The molecule has 6 atom stereocenters. The van der Waals surface area contributed by atoms with Crippen LogP contribution in [0.15, 0.2) is 17.6 Å². The molecule has 0 saturated carbocycles. The number of fused-ring (bicyclic) bond motifs is 1. The second kappa shape index (κ2) is 5.65. The third kappa shape index (κ3) is 2.37. The number of thioether (sulfide) groups is 1. The maximum atomic E-state index is 10.2. The first-order valence-corrected chi connectivity index (χ1v) is 7.79. The molecule has 0 aromatic heterocycles. The molecular formula is C13H20N2O4S. The normalized spacial score (nSPS) is 41.6. The number of likely N-dealkylation sites (tertiary alicyclic amines) is 1. The molecule has 0 aliphatic carbocycles. The number of aliphatic hydroxyl groups excluding tert-OH is 3. The molecule has 3 rings (SSSR count). The van der Waals surface area contributed by atoms with Gasteiger partial charge in [-0.05, 0) is 12.8 Å². The van der Waals surface area contributed by atoms with Crippen molar-refractivity contribution in [3.63, 3.8) is 0 Å². The molecule has 2 saturated heterocycles. The van der Waals surface area contributed by atoms with Crippen LogP contribution in [0.3, 0.4) is 0 Å². The molecule has 3 aliphatic heterocycles. The fraction of sp³-hybridized carbons (Fsp3) is 0.769. The van der Waals surface area contributed by atoms with Gasteiger partial charge in [0.1, 0.15) is 29.8 Å². The molecule has 3 heterocycles. The number of aliphatic imine (C=N–C) groups is 1. The highest BCUT2D eigenvalue weighted by atomic mass is 32.2. The molecule has 3 aliphatic rings. The van der Waals surface area contributed by atoms with Crippen LogP contribution in [-0.2, 0) is 4.74 Å². The number of ether oxygens (including phenoxy) is 1. The van der Waals surface area contributed by atoms with E-state index in [1.165, 1.54) is 11.8 Å². The van der Waals surface area contributed by atoms with E-state index >= 15 is 0 Å². The summed E-state index contributed by atoms with van der Waals surface area (Å²) in [5, 5.41) is 31.2. The quantitative estimate of drug-likeness (QED) is 0.612. The summed E-state index contributed by atoms with van der Waals surface area (Å²) in [6, 6.07) is -0.460. The summed E-state index contributed by atoms with van der Waals surface area (Å²) in [7, 11) is 0. The van der Waals surface area contributed by atoms with Crippen LogP contribution in [0.1, 0.15) is 12.8 Å². The second-order valence-corrected chi connectivity index (χ2v) is 6.47. The lowest BCUT2D eigenvalue weighted by Crippen LogP contribution is -2.58. The van der Waals surface area contributed by atoms with Crippen molar-refractivity contribution in [1.29, 1.82) is 0 Å². The van der Waals surface area contributed by atoms with E-state index in [1.807, 2.05) is 0 Å².